The molecule has 10 rings (SSSR count). The lowest BCUT2D eigenvalue weighted by Gasteiger charge is -2.28. The second-order valence-electron chi connectivity index (χ2n) is 14.2. The molecular weight excluding hydrogens is 693 g/mol. The Kier molecular flexibility index (Phi) is 8.86. The molecule has 0 aliphatic rings. The molecule has 0 N–H and O–H groups in total. The zero-order valence-electron chi connectivity index (χ0n) is 31.2. The topological polar surface area (TPSA) is 19.6 Å². The third kappa shape index (κ3) is 6.62. The van der Waals surface area contributed by atoms with Crippen molar-refractivity contribution in [1.29, 1.82) is 0 Å². The lowest BCUT2D eigenvalue weighted by molar-refractivity contribution is 0.669. The molecule has 1 heterocycles. The molecule has 0 amide bonds. The maximum absolute atomic E-state index is 6.18. The van der Waals surface area contributed by atoms with E-state index in [1.165, 1.54) is 11.1 Å². The Morgan fingerprint density at radius 1 is 0.263 bits per heavy atom. The fourth-order valence-electron chi connectivity index (χ4n) is 7.88. The van der Waals surface area contributed by atoms with Gasteiger partial charge in [-0.1, -0.05) is 146 Å². The van der Waals surface area contributed by atoms with Gasteiger partial charge in [-0.15, -0.1) is 0 Å². The predicted octanol–water partition coefficient (Wildman–Crippen LogP) is 15.5. The predicted molar refractivity (Wildman–Crippen MR) is 239 cm³/mol. The quantitative estimate of drug-likeness (QED) is 0.147. The number of fused-ring (bicyclic) bond motifs is 3. The molecule has 3 nitrogen and oxygen atoms in total. The van der Waals surface area contributed by atoms with Gasteiger partial charge >= 0.3 is 0 Å². The summed E-state index contributed by atoms with van der Waals surface area (Å²) in [6.07, 6.45) is 0. The van der Waals surface area contributed by atoms with Crippen LogP contribution < -0.4 is 9.80 Å². The minimum absolute atomic E-state index is 0.885. The average Bonchev–Trinajstić information content (AvgIpc) is 3.67. The third-order valence-electron chi connectivity index (χ3n) is 10.7. The van der Waals surface area contributed by atoms with Gasteiger partial charge < -0.3 is 14.2 Å². The van der Waals surface area contributed by atoms with E-state index < -0.39 is 0 Å². The van der Waals surface area contributed by atoms with Crippen molar-refractivity contribution in [1.82, 2.24) is 0 Å². The van der Waals surface area contributed by atoms with Gasteiger partial charge in [0.2, 0.25) is 0 Å². The molecule has 0 saturated heterocycles. The SMILES string of the molecule is c1ccc(-c2ccc(N(c3ccccc3)c3ccc(-c4ccc(N(c5ccccc5)c5ccc6oc7ccccc7c6c5)cc4)cc3-c3ccccc3)cc2)cc1. The van der Waals surface area contributed by atoms with Crippen molar-refractivity contribution >= 4 is 56.1 Å². The molecule has 0 spiro atoms. The zero-order chi connectivity index (χ0) is 38.0. The number of para-hydroxylation sites is 3. The zero-order valence-corrected chi connectivity index (χ0v) is 31.2. The monoisotopic (exact) mass is 730 g/mol. The molecule has 10 aromatic rings. The van der Waals surface area contributed by atoms with E-state index in [4.69, 9.17) is 4.42 Å². The first-order valence-electron chi connectivity index (χ1n) is 19.3. The molecule has 0 fully saturated rings. The van der Waals surface area contributed by atoms with Crippen LogP contribution in [0.2, 0.25) is 0 Å². The van der Waals surface area contributed by atoms with Crippen LogP contribution in [0.1, 0.15) is 0 Å². The molecule has 1 aromatic heterocycles. The van der Waals surface area contributed by atoms with Crippen LogP contribution in [-0.4, -0.2) is 0 Å². The molecule has 57 heavy (non-hydrogen) atoms. The number of nitrogens with zero attached hydrogens (tertiary/aromatic N) is 2. The van der Waals surface area contributed by atoms with E-state index in [2.05, 4.69) is 228 Å². The fraction of sp³-hybridized carbons (Fsp3) is 0. The highest BCUT2D eigenvalue weighted by atomic mass is 16.3. The molecule has 270 valence electrons. The number of anilines is 6. The number of hydrogen-bond acceptors (Lipinski definition) is 3. The lowest BCUT2D eigenvalue weighted by Crippen LogP contribution is -2.11. The van der Waals surface area contributed by atoms with Crippen LogP contribution in [0.25, 0.3) is 55.3 Å². The molecule has 0 aliphatic carbocycles. The molecular formula is C54H38N2O. The molecule has 3 heteroatoms. The van der Waals surface area contributed by atoms with Crippen molar-refractivity contribution < 1.29 is 4.42 Å². The van der Waals surface area contributed by atoms with Gasteiger partial charge in [0, 0.05) is 44.8 Å². The summed E-state index contributed by atoms with van der Waals surface area (Å²) in [6, 6.07) is 81.8. The van der Waals surface area contributed by atoms with Crippen LogP contribution in [0.5, 0.6) is 0 Å². The van der Waals surface area contributed by atoms with Gasteiger partial charge in [-0.05, 0) is 113 Å². The Morgan fingerprint density at radius 3 is 1.35 bits per heavy atom. The van der Waals surface area contributed by atoms with Gasteiger partial charge in [0.25, 0.3) is 0 Å². The number of rotatable bonds is 9. The van der Waals surface area contributed by atoms with Crippen molar-refractivity contribution in [3.8, 4) is 33.4 Å². The van der Waals surface area contributed by atoms with Crippen LogP contribution >= 0.6 is 0 Å². The fourth-order valence-corrected chi connectivity index (χ4v) is 7.88. The Balaban J connectivity index is 1.05. The summed E-state index contributed by atoms with van der Waals surface area (Å²) in [5, 5.41) is 2.22. The van der Waals surface area contributed by atoms with E-state index in [0.717, 1.165) is 78.3 Å². The van der Waals surface area contributed by atoms with Gasteiger partial charge in [0.05, 0.1) is 5.69 Å². The summed E-state index contributed by atoms with van der Waals surface area (Å²) in [6.45, 7) is 0. The Morgan fingerprint density at radius 2 is 0.702 bits per heavy atom. The third-order valence-corrected chi connectivity index (χ3v) is 10.7. The van der Waals surface area contributed by atoms with E-state index >= 15 is 0 Å². The number of furan rings is 1. The van der Waals surface area contributed by atoms with Gasteiger partial charge in [-0.2, -0.15) is 0 Å². The molecule has 0 saturated carbocycles. The van der Waals surface area contributed by atoms with E-state index in [1.54, 1.807) is 0 Å². The molecule has 0 atom stereocenters. The molecule has 0 radical (unpaired) electrons. The van der Waals surface area contributed by atoms with Crippen LogP contribution in [-0.2, 0) is 0 Å². The Bertz CT molecular complexity index is 2920. The van der Waals surface area contributed by atoms with E-state index in [1.807, 2.05) is 12.1 Å². The van der Waals surface area contributed by atoms with Gasteiger partial charge in [0.15, 0.2) is 0 Å². The first-order valence-corrected chi connectivity index (χ1v) is 19.3. The maximum atomic E-state index is 6.18. The largest absolute Gasteiger partial charge is 0.456 e. The van der Waals surface area contributed by atoms with Crippen LogP contribution in [0.15, 0.2) is 235 Å². The molecule has 9 aromatic carbocycles. The summed E-state index contributed by atoms with van der Waals surface area (Å²) in [7, 11) is 0. The van der Waals surface area contributed by atoms with Crippen LogP contribution in [0.4, 0.5) is 34.1 Å². The minimum atomic E-state index is 0.885. The summed E-state index contributed by atoms with van der Waals surface area (Å²) in [5.41, 5.74) is 15.3. The van der Waals surface area contributed by atoms with Crippen LogP contribution in [0.3, 0.4) is 0 Å². The van der Waals surface area contributed by atoms with Gasteiger partial charge in [-0.25, -0.2) is 0 Å². The summed E-state index contributed by atoms with van der Waals surface area (Å²) in [4.78, 5) is 4.67. The normalized spacial score (nSPS) is 11.2. The smallest absolute Gasteiger partial charge is 0.135 e. The van der Waals surface area contributed by atoms with E-state index in [9.17, 15) is 0 Å². The number of benzene rings is 9. The summed E-state index contributed by atoms with van der Waals surface area (Å²) in [5.74, 6) is 0. The Hall–Kier alpha value is -7.62. The van der Waals surface area contributed by atoms with Crippen molar-refractivity contribution in [3.05, 3.63) is 231 Å². The maximum Gasteiger partial charge on any atom is 0.135 e. The Labute approximate surface area is 333 Å². The van der Waals surface area contributed by atoms with Gasteiger partial charge in [0.1, 0.15) is 11.2 Å². The highest BCUT2D eigenvalue weighted by Gasteiger charge is 2.20. The molecule has 0 unspecified atom stereocenters. The van der Waals surface area contributed by atoms with Crippen molar-refractivity contribution in [2.75, 3.05) is 9.80 Å². The summed E-state index contributed by atoms with van der Waals surface area (Å²) >= 11 is 0. The second kappa shape index (κ2) is 14.9. The highest BCUT2D eigenvalue weighted by Crippen LogP contribution is 2.44. The van der Waals surface area contributed by atoms with E-state index in [-0.39, 0.29) is 0 Å². The average molecular weight is 731 g/mol. The highest BCUT2D eigenvalue weighted by molar-refractivity contribution is 6.06. The van der Waals surface area contributed by atoms with Crippen molar-refractivity contribution in [2.24, 2.45) is 0 Å². The second-order valence-corrected chi connectivity index (χ2v) is 14.2. The number of hydrogen-bond donors (Lipinski definition) is 0. The van der Waals surface area contributed by atoms with Crippen LogP contribution in [0, 0.1) is 0 Å². The molecule has 0 aliphatic heterocycles. The van der Waals surface area contributed by atoms with Crippen molar-refractivity contribution in [3.63, 3.8) is 0 Å². The first kappa shape index (κ1) is 33.9. The van der Waals surface area contributed by atoms with Gasteiger partial charge in [-0.3, -0.25) is 0 Å². The minimum Gasteiger partial charge on any atom is -0.456 e. The summed E-state index contributed by atoms with van der Waals surface area (Å²) < 4.78 is 6.18. The first-order chi connectivity index (χ1) is 28.3. The van der Waals surface area contributed by atoms with E-state index in [0.29, 0.717) is 0 Å². The standard InChI is InChI=1S/C54H38N2O/c1-5-15-39(16-6-1)40-25-32-47(33-26-40)56(45-21-11-4-12-22-45)52-35-29-43(37-50(52)42-17-7-2-8-18-42)41-27-30-46(31-28-41)55(44-19-9-3-10-20-44)48-34-36-54-51(38-48)49-23-13-14-24-53(49)57-54/h1-38H. The lowest BCUT2D eigenvalue weighted by atomic mass is 9.96. The van der Waals surface area contributed by atoms with Crippen molar-refractivity contribution in [2.45, 2.75) is 0 Å². The molecule has 0 bridgehead atoms.